The Hall–Kier alpha value is -3.73. The summed E-state index contributed by atoms with van der Waals surface area (Å²) >= 11 is 1.37. The molecule has 32 heavy (non-hydrogen) atoms. The van der Waals surface area contributed by atoms with Gasteiger partial charge in [-0.25, -0.2) is 9.97 Å². The largest absolute Gasteiger partial charge is 0.394 e. The maximum atomic E-state index is 13.1. The number of rotatable bonds is 8. The minimum absolute atomic E-state index is 0.128. The van der Waals surface area contributed by atoms with Gasteiger partial charge in [-0.3, -0.25) is 4.79 Å². The van der Waals surface area contributed by atoms with Crippen LogP contribution in [0.5, 0.6) is 0 Å². The number of nitrogens with zero attached hydrogens (tertiary/aromatic N) is 4. The molecule has 2 aromatic heterocycles. The Labute approximate surface area is 187 Å². The maximum absolute atomic E-state index is 13.1. The topological polar surface area (TPSA) is 133 Å². The number of para-hydroxylation sites is 1. The van der Waals surface area contributed by atoms with Gasteiger partial charge in [0.15, 0.2) is 5.82 Å². The molecule has 2 aromatic carbocycles. The molecule has 0 fully saturated rings. The van der Waals surface area contributed by atoms with Gasteiger partial charge in [-0.15, -0.1) is 10.2 Å². The molecule has 0 aliphatic heterocycles. The summed E-state index contributed by atoms with van der Waals surface area (Å²) in [5.41, 5.74) is 3.81. The lowest BCUT2D eigenvalue weighted by molar-refractivity contribution is 0.102. The van der Waals surface area contributed by atoms with Crippen molar-refractivity contribution in [2.24, 2.45) is 0 Å². The van der Waals surface area contributed by atoms with Crippen LogP contribution in [0.1, 0.15) is 10.5 Å². The molecule has 4 N–H and O–H groups in total. The van der Waals surface area contributed by atoms with E-state index in [0.717, 1.165) is 11.1 Å². The summed E-state index contributed by atoms with van der Waals surface area (Å²) in [6.45, 7) is -0.587. The Kier molecular flexibility index (Phi) is 6.75. The zero-order chi connectivity index (χ0) is 22.3. The Morgan fingerprint density at radius 2 is 1.75 bits per heavy atom. The SMILES string of the molecule is O=C(Nc1ccccc1-c1nncs1)c1cc(NC(CO)CO)nc(-c2ccccc2)n1. The monoisotopic (exact) mass is 448 g/mol. The average Bonchev–Trinajstić information content (AvgIpc) is 3.38. The van der Waals surface area contributed by atoms with E-state index in [1.54, 1.807) is 11.6 Å². The number of amides is 1. The van der Waals surface area contributed by atoms with Gasteiger partial charge in [0.2, 0.25) is 0 Å². The summed E-state index contributed by atoms with van der Waals surface area (Å²) in [7, 11) is 0. The van der Waals surface area contributed by atoms with E-state index in [-0.39, 0.29) is 18.9 Å². The summed E-state index contributed by atoms with van der Waals surface area (Å²) in [4.78, 5) is 22.0. The van der Waals surface area contributed by atoms with Crippen LogP contribution >= 0.6 is 11.3 Å². The zero-order valence-electron chi connectivity index (χ0n) is 16.8. The second-order valence-electron chi connectivity index (χ2n) is 6.78. The van der Waals surface area contributed by atoms with Crippen molar-refractivity contribution in [2.75, 3.05) is 23.8 Å². The molecule has 0 spiro atoms. The van der Waals surface area contributed by atoms with Crippen LogP contribution in [-0.2, 0) is 0 Å². The van der Waals surface area contributed by atoms with Crippen LogP contribution < -0.4 is 10.6 Å². The van der Waals surface area contributed by atoms with E-state index in [9.17, 15) is 15.0 Å². The summed E-state index contributed by atoms with van der Waals surface area (Å²) in [6.07, 6.45) is 0. The van der Waals surface area contributed by atoms with Crippen molar-refractivity contribution in [2.45, 2.75) is 6.04 Å². The maximum Gasteiger partial charge on any atom is 0.274 e. The molecular weight excluding hydrogens is 428 g/mol. The molecule has 1 amide bonds. The molecule has 4 rings (SSSR count). The Morgan fingerprint density at radius 3 is 2.47 bits per heavy atom. The lowest BCUT2D eigenvalue weighted by atomic mass is 10.1. The second-order valence-corrected chi connectivity index (χ2v) is 7.61. The van der Waals surface area contributed by atoms with E-state index in [1.165, 1.54) is 17.4 Å². The van der Waals surface area contributed by atoms with Gasteiger partial charge in [-0.1, -0.05) is 53.8 Å². The van der Waals surface area contributed by atoms with E-state index >= 15 is 0 Å². The van der Waals surface area contributed by atoms with E-state index in [4.69, 9.17) is 0 Å². The van der Waals surface area contributed by atoms with Crippen LogP contribution in [0.4, 0.5) is 11.5 Å². The van der Waals surface area contributed by atoms with E-state index in [2.05, 4.69) is 30.8 Å². The van der Waals surface area contributed by atoms with Crippen LogP contribution in [-0.4, -0.2) is 55.5 Å². The Balaban J connectivity index is 1.69. The first-order valence-electron chi connectivity index (χ1n) is 9.77. The summed E-state index contributed by atoms with van der Waals surface area (Å²) in [5, 5.41) is 33.3. The standard InChI is InChI=1S/C22H20N6O3S/c29-11-15(12-30)24-19-10-18(25-20(27-19)14-6-2-1-3-7-14)21(31)26-17-9-5-4-8-16(17)22-28-23-13-32-22/h1-10,13,15,29-30H,11-12H2,(H,26,31)(H,24,25,27). The first kappa shape index (κ1) is 21.5. The first-order chi connectivity index (χ1) is 15.7. The number of nitrogens with one attached hydrogen (secondary N) is 2. The summed E-state index contributed by atoms with van der Waals surface area (Å²) in [5.74, 6) is 0.219. The average molecular weight is 449 g/mol. The number of aliphatic hydroxyl groups is 2. The van der Waals surface area contributed by atoms with Crippen molar-refractivity contribution in [3.63, 3.8) is 0 Å². The molecule has 0 aliphatic rings. The number of hydrogen-bond donors (Lipinski definition) is 4. The number of anilines is 2. The van der Waals surface area contributed by atoms with Crippen molar-refractivity contribution >= 4 is 28.7 Å². The van der Waals surface area contributed by atoms with E-state index < -0.39 is 11.9 Å². The predicted octanol–water partition coefficient (Wildman–Crippen LogP) is 2.68. The van der Waals surface area contributed by atoms with E-state index in [1.807, 2.05) is 48.5 Å². The van der Waals surface area contributed by atoms with Gasteiger partial charge in [-0.2, -0.15) is 0 Å². The number of aliphatic hydroxyl groups excluding tert-OH is 2. The predicted molar refractivity (Wildman–Crippen MR) is 122 cm³/mol. The van der Waals surface area contributed by atoms with Gasteiger partial charge in [-0.05, 0) is 12.1 Å². The molecule has 10 heteroatoms. The van der Waals surface area contributed by atoms with Crippen molar-refractivity contribution in [3.05, 3.63) is 71.9 Å². The van der Waals surface area contributed by atoms with Crippen molar-refractivity contribution in [3.8, 4) is 22.0 Å². The van der Waals surface area contributed by atoms with Crippen molar-refractivity contribution in [1.29, 1.82) is 0 Å². The molecule has 162 valence electrons. The third-order valence-electron chi connectivity index (χ3n) is 4.55. The minimum Gasteiger partial charge on any atom is -0.394 e. The second kappa shape index (κ2) is 10.1. The zero-order valence-corrected chi connectivity index (χ0v) is 17.7. The fourth-order valence-corrected chi connectivity index (χ4v) is 3.56. The Bertz CT molecular complexity index is 1180. The molecule has 0 unspecified atom stereocenters. The number of carbonyl (C=O) groups is 1. The molecular formula is C22H20N6O3S. The lowest BCUT2D eigenvalue weighted by Crippen LogP contribution is -2.28. The number of hydrogen-bond acceptors (Lipinski definition) is 9. The highest BCUT2D eigenvalue weighted by molar-refractivity contribution is 7.12. The van der Waals surface area contributed by atoms with Gasteiger partial charge < -0.3 is 20.8 Å². The number of aromatic nitrogens is 4. The van der Waals surface area contributed by atoms with E-state index in [0.29, 0.717) is 22.3 Å². The fourth-order valence-electron chi connectivity index (χ4n) is 2.97. The molecule has 0 radical (unpaired) electrons. The highest BCUT2D eigenvalue weighted by atomic mass is 32.1. The molecule has 0 saturated heterocycles. The molecule has 4 aromatic rings. The van der Waals surface area contributed by atoms with Gasteiger partial charge in [0.25, 0.3) is 5.91 Å². The molecule has 0 aliphatic carbocycles. The lowest BCUT2D eigenvalue weighted by Gasteiger charge is -2.16. The third-order valence-corrected chi connectivity index (χ3v) is 5.27. The van der Waals surface area contributed by atoms with Gasteiger partial charge in [0.1, 0.15) is 22.0 Å². The van der Waals surface area contributed by atoms with Gasteiger partial charge in [0.05, 0.1) is 24.9 Å². The van der Waals surface area contributed by atoms with Gasteiger partial charge >= 0.3 is 0 Å². The highest BCUT2D eigenvalue weighted by Gasteiger charge is 2.17. The van der Waals surface area contributed by atoms with Crippen LogP contribution in [0, 0.1) is 0 Å². The summed E-state index contributed by atoms with van der Waals surface area (Å²) < 4.78 is 0. The number of carbonyl (C=O) groups excluding carboxylic acids is 1. The smallest absolute Gasteiger partial charge is 0.274 e. The minimum atomic E-state index is -0.623. The quantitative estimate of drug-likeness (QED) is 0.323. The third kappa shape index (κ3) is 4.94. The number of benzene rings is 2. The molecule has 0 saturated carbocycles. The molecule has 9 nitrogen and oxygen atoms in total. The molecule has 0 bridgehead atoms. The van der Waals surface area contributed by atoms with Crippen LogP contribution in [0.2, 0.25) is 0 Å². The highest BCUT2D eigenvalue weighted by Crippen LogP contribution is 2.29. The van der Waals surface area contributed by atoms with Crippen LogP contribution in [0.15, 0.2) is 66.2 Å². The van der Waals surface area contributed by atoms with Crippen molar-refractivity contribution in [1.82, 2.24) is 20.2 Å². The van der Waals surface area contributed by atoms with Gasteiger partial charge in [0, 0.05) is 17.2 Å². The van der Waals surface area contributed by atoms with Crippen LogP contribution in [0.25, 0.3) is 22.0 Å². The van der Waals surface area contributed by atoms with Crippen LogP contribution in [0.3, 0.4) is 0 Å². The molecule has 0 atom stereocenters. The fraction of sp³-hybridized carbons (Fsp3) is 0.136. The Morgan fingerprint density at radius 1 is 1.00 bits per heavy atom. The summed E-state index contributed by atoms with van der Waals surface area (Å²) in [6, 6.07) is 17.4. The van der Waals surface area contributed by atoms with Crippen molar-refractivity contribution < 1.29 is 15.0 Å². The molecule has 2 heterocycles. The first-order valence-corrected chi connectivity index (χ1v) is 10.7. The normalized spacial score (nSPS) is 10.8.